The zero-order valence-electron chi connectivity index (χ0n) is 20.8. The third-order valence-corrected chi connectivity index (χ3v) is 7.35. The average molecular weight is 507 g/mol. The molecule has 5 rings (SSSR count). The van der Waals surface area contributed by atoms with Crippen LogP contribution >= 0.6 is 0 Å². The largest absolute Gasteiger partial charge is 0.383 e. The van der Waals surface area contributed by atoms with Crippen molar-refractivity contribution in [1.82, 2.24) is 15.2 Å². The molecule has 1 unspecified atom stereocenters. The number of nitrogens with zero attached hydrogens (tertiary/aromatic N) is 2. The van der Waals surface area contributed by atoms with Gasteiger partial charge in [-0.25, -0.2) is 13.8 Å². The molecule has 3 aromatic rings. The average Bonchev–Trinajstić information content (AvgIpc) is 2.91. The molecule has 2 fully saturated rings. The number of likely N-dealkylation sites (tertiary alicyclic amines) is 1. The number of benzene rings is 2. The van der Waals surface area contributed by atoms with E-state index in [4.69, 9.17) is 10.5 Å². The molecule has 0 aliphatic carbocycles. The zero-order valence-corrected chi connectivity index (χ0v) is 20.8. The Morgan fingerprint density at radius 1 is 1.08 bits per heavy atom. The number of carbonyl (C=O) groups is 1. The lowest BCUT2D eigenvalue weighted by atomic mass is 9.91. The van der Waals surface area contributed by atoms with E-state index in [1.54, 1.807) is 24.4 Å². The maximum Gasteiger partial charge on any atom is 0.254 e. The van der Waals surface area contributed by atoms with Crippen LogP contribution in [0.4, 0.5) is 14.6 Å². The summed E-state index contributed by atoms with van der Waals surface area (Å²) in [5, 5.41) is 2.97. The summed E-state index contributed by atoms with van der Waals surface area (Å²) in [6.07, 6.45) is 5.28. The van der Waals surface area contributed by atoms with Crippen LogP contribution in [-0.4, -0.2) is 48.1 Å². The second-order valence-electron chi connectivity index (χ2n) is 9.92. The van der Waals surface area contributed by atoms with Gasteiger partial charge in [0, 0.05) is 49.7 Å². The molecule has 0 radical (unpaired) electrons. The highest BCUT2D eigenvalue weighted by molar-refractivity contribution is 5.95. The molecule has 0 saturated carbocycles. The van der Waals surface area contributed by atoms with Crippen LogP contribution in [0, 0.1) is 11.6 Å². The third kappa shape index (κ3) is 5.97. The Hall–Kier alpha value is -3.36. The summed E-state index contributed by atoms with van der Waals surface area (Å²) < 4.78 is 34.7. The van der Waals surface area contributed by atoms with Crippen LogP contribution in [-0.2, 0) is 11.3 Å². The molecule has 37 heavy (non-hydrogen) atoms. The van der Waals surface area contributed by atoms with Gasteiger partial charge in [0.25, 0.3) is 5.91 Å². The molecule has 2 saturated heterocycles. The van der Waals surface area contributed by atoms with Crippen LogP contribution in [0.1, 0.15) is 53.1 Å². The number of nitrogen functional groups attached to an aromatic ring is 1. The van der Waals surface area contributed by atoms with Crippen LogP contribution in [0.15, 0.2) is 54.7 Å². The summed E-state index contributed by atoms with van der Waals surface area (Å²) in [5.74, 6) is -0.632. The standard InChI is InChI=1S/C29H32F2N4O2/c30-26-6-2-1-4-21(26)17-35-11-3-5-23(18-35)34-29(36)24-8-7-20(15-27(24)31)25-14-22(16-33-28(25)32)19-9-12-37-13-10-19/h1-2,4,6-8,14-16,19,23H,3,5,9-13,17-18H2,(H2,32,33)(H,34,36). The molecule has 8 heteroatoms. The Morgan fingerprint density at radius 2 is 1.89 bits per heavy atom. The molecule has 6 nitrogen and oxygen atoms in total. The quantitative estimate of drug-likeness (QED) is 0.497. The van der Waals surface area contributed by atoms with E-state index in [1.807, 2.05) is 12.1 Å². The topological polar surface area (TPSA) is 80.5 Å². The molecule has 3 N–H and O–H groups in total. The molecule has 0 spiro atoms. The van der Waals surface area contributed by atoms with Crippen LogP contribution in [0.5, 0.6) is 0 Å². The lowest BCUT2D eigenvalue weighted by Crippen LogP contribution is -2.47. The van der Waals surface area contributed by atoms with Crippen molar-refractivity contribution in [2.75, 3.05) is 32.0 Å². The van der Waals surface area contributed by atoms with Gasteiger partial charge in [0.05, 0.1) is 5.56 Å². The molecule has 1 amide bonds. The van der Waals surface area contributed by atoms with Gasteiger partial charge in [-0.1, -0.05) is 24.3 Å². The summed E-state index contributed by atoms with van der Waals surface area (Å²) in [7, 11) is 0. The normalized spacial score (nSPS) is 19.0. The SMILES string of the molecule is Nc1ncc(C2CCOCC2)cc1-c1ccc(C(=O)NC2CCCN(Cc3ccccc3F)C2)c(F)c1. The van der Waals surface area contributed by atoms with Gasteiger partial charge in [0.2, 0.25) is 0 Å². The number of piperidine rings is 1. The molecule has 3 heterocycles. The predicted octanol–water partition coefficient (Wildman–Crippen LogP) is 4.90. The van der Waals surface area contributed by atoms with Crippen LogP contribution in [0.2, 0.25) is 0 Å². The number of aromatic nitrogens is 1. The van der Waals surface area contributed by atoms with E-state index in [2.05, 4.69) is 15.2 Å². The fourth-order valence-corrected chi connectivity index (χ4v) is 5.29. The van der Waals surface area contributed by atoms with Gasteiger partial charge in [-0.2, -0.15) is 0 Å². The summed E-state index contributed by atoms with van der Waals surface area (Å²) in [4.78, 5) is 19.4. The number of hydrogen-bond acceptors (Lipinski definition) is 5. The minimum atomic E-state index is -0.607. The molecule has 2 aliphatic rings. The van der Waals surface area contributed by atoms with Crippen molar-refractivity contribution in [3.8, 4) is 11.1 Å². The highest BCUT2D eigenvalue weighted by Crippen LogP contribution is 2.33. The van der Waals surface area contributed by atoms with Gasteiger partial charge in [-0.15, -0.1) is 0 Å². The minimum Gasteiger partial charge on any atom is -0.383 e. The molecule has 1 aromatic heterocycles. The van der Waals surface area contributed by atoms with Crippen molar-refractivity contribution in [3.63, 3.8) is 0 Å². The second-order valence-corrected chi connectivity index (χ2v) is 9.92. The van der Waals surface area contributed by atoms with Crippen LogP contribution < -0.4 is 11.1 Å². The first kappa shape index (κ1) is 25.3. The van der Waals surface area contributed by atoms with Crippen molar-refractivity contribution in [3.05, 3.63) is 83.1 Å². The Balaban J connectivity index is 1.26. The number of ether oxygens (including phenoxy) is 1. The van der Waals surface area contributed by atoms with E-state index < -0.39 is 11.7 Å². The van der Waals surface area contributed by atoms with Crippen molar-refractivity contribution in [2.24, 2.45) is 0 Å². The lowest BCUT2D eigenvalue weighted by molar-refractivity contribution is 0.0852. The van der Waals surface area contributed by atoms with E-state index >= 15 is 4.39 Å². The Kier molecular flexibility index (Phi) is 7.76. The maximum atomic E-state index is 15.1. The van der Waals surface area contributed by atoms with Crippen molar-refractivity contribution >= 4 is 11.7 Å². The summed E-state index contributed by atoms with van der Waals surface area (Å²) >= 11 is 0. The first-order valence-electron chi connectivity index (χ1n) is 12.9. The monoisotopic (exact) mass is 506 g/mol. The Morgan fingerprint density at radius 3 is 2.68 bits per heavy atom. The first-order chi connectivity index (χ1) is 18.0. The lowest BCUT2D eigenvalue weighted by Gasteiger charge is -2.33. The number of nitrogens with two attached hydrogens (primary N) is 1. The fraction of sp³-hybridized carbons (Fsp3) is 0.379. The van der Waals surface area contributed by atoms with Gasteiger partial charge < -0.3 is 15.8 Å². The molecular weight excluding hydrogens is 474 g/mol. The molecule has 2 aromatic carbocycles. The number of pyridine rings is 1. The van der Waals surface area contributed by atoms with E-state index in [0.717, 1.165) is 37.8 Å². The number of halogens is 2. The zero-order chi connectivity index (χ0) is 25.8. The van der Waals surface area contributed by atoms with Gasteiger partial charge >= 0.3 is 0 Å². The van der Waals surface area contributed by atoms with E-state index in [9.17, 15) is 9.18 Å². The number of amides is 1. The number of carbonyl (C=O) groups excluding carboxylic acids is 1. The Labute approximate surface area is 215 Å². The second kappa shape index (κ2) is 11.4. The molecule has 0 bridgehead atoms. The summed E-state index contributed by atoms with van der Waals surface area (Å²) in [5.41, 5.74) is 9.06. The molecule has 2 aliphatic heterocycles. The molecular formula is C29H32F2N4O2. The maximum absolute atomic E-state index is 15.1. The van der Waals surface area contributed by atoms with Gasteiger partial charge in [0.1, 0.15) is 17.5 Å². The molecule has 1 atom stereocenters. The van der Waals surface area contributed by atoms with Crippen molar-refractivity contribution < 1.29 is 18.3 Å². The van der Waals surface area contributed by atoms with E-state index in [-0.39, 0.29) is 17.4 Å². The van der Waals surface area contributed by atoms with E-state index in [0.29, 0.717) is 54.7 Å². The highest BCUT2D eigenvalue weighted by Gasteiger charge is 2.24. The summed E-state index contributed by atoms with van der Waals surface area (Å²) in [6, 6.07) is 13.1. The molecule has 194 valence electrons. The number of anilines is 1. The minimum absolute atomic E-state index is 0.0120. The first-order valence-corrected chi connectivity index (χ1v) is 12.9. The van der Waals surface area contributed by atoms with Crippen molar-refractivity contribution in [2.45, 2.75) is 44.2 Å². The van der Waals surface area contributed by atoms with Crippen LogP contribution in [0.25, 0.3) is 11.1 Å². The van der Waals surface area contributed by atoms with E-state index in [1.165, 1.54) is 18.2 Å². The number of hydrogen-bond donors (Lipinski definition) is 2. The van der Waals surface area contributed by atoms with Gasteiger partial charge in [-0.05, 0) is 73.5 Å². The smallest absolute Gasteiger partial charge is 0.254 e. The summed E-state index contributed by atoms with van der Waals surface area (Å²) in [6.45, 7) is 3.31. The predicted molar refractivity (Wildman–Crippen MR) is 139 cm³/mol. The number of rotatable bonds is 6. The fourth-order valence-electron chi connectivity index (χ4n) is 5.29. The highest BCUT2D eigenvalue weighted by atomic mass is 19.1. The number of nitrogens with one attached hydrogen (secondary N) is 1. The van der Waals surface area contributed by atoms with Gasteiger partial charge in [0.15, 0.2) is 0 Å². The third-order valence-electron chi connectivity index (χ3n) is 7.35. The van der Waals surface area contributed by atoms with Gasteiger partial charge in [-0.3, -0.25) is 9.69 Å². The van der Waals surface area contributed by atoms with Crippen molar-refractivity contribution in [1.29, 1.82) is 0 Å². The van der Waals surface area contributed by atoms with Crippen LogP contribution in [0.3, 0.4) is 0 Å². The Bertz CT molecular complexity index is 1260.